The van der Waals surface area contributed by atoms with E-state index in [2.05, 4.69) is 173 Å². The molecule has 0 fully saturated rings. The van der Waals surface area contributed by atoms with Crippen LogP contribution in [0.5, 0.6) is 0 Å². The molecule has 2 aromatic heterocycles. The van der Waals surface area contributed by atoms with Crippen LogP contribution >= 0.6 is 0 Å². The monoisotopic (exact) mass is 724 g/mol. The van der Waals surface area contributed by atoms with Gasteiger partial charge in [0.15, 0.2) is 11.5 Å². The minimum Gasteiger partial charge on any atom is -0.309 e. The molecule has 0 unspecified atom stereocenters. The van der Waals surface area contributed by atoms with Crippen molar-refractivity contribution in [3.8, 4) is 50.7 Å². The third kappa shape index (κ3) is 5.37. The van der Waals surface area contributed by atoms with Crippen molar-refractivity contribution in [1.29, 1.82) is 0 Å². The number of hydrogen-bond acceptors (Lipinski definition) is 2. The van der Waals surface area contributed by atoms with Crippen molar-refractivity contribution in [3.05, 3.63) is 206 Å². The van der Waals surface area contributed by atoms with Gasteiger partial charge in [0.25, 0.3) is 0 Å². The van der Waals surface area contributed by atoms with Gasteiger partial charge in [-0.25, -0.2) is 14.8 Å². The lowest BCUT2D eigenvalue weighted by Crippen LogP contribution is -1.97. The molecule has 0 bridgehead atoms. The lowest BCUT2D eigenvalue weighted by Gasteiger charge is -2.16. The minimum atomic E-state index is 0.632. The van der Waals surface area contributed by atoms with Gasteiger partial charge in [0.2, 0.25) is 0 Å². The van der Waals surface area contributed by atoms with Crippen molar-refractivity contribution in [1.82, 2.24) is 14.5 Å². The van der Waals surface area contributed by atoms with Crippen molar-refractivity contribution in [3.63, 3.8) is 0 Å². The van der Waals surface area contributed by atoms with E-state index in [9.17, 15) is 0 Å². The van der Waals surface area contributed by atoms with Gasteiger partial charge in [-0.1, -0.05) is 140 Å². The second-order valence-electron chi connectivity index (χ2n) is 14.4. The van der Waals surface area contributed by atoms with Gasteiger partial charge >= 0.3 is 0 Å². The van der Waals surface area contributed by atoms with Gasteiger partial charge in [-0.15, -0.1) is 0 Å². The molecule has 0 atom stereocenters. The number of nitrogens with zero attached hydrogens (tertiary/aromatic N) is 4. The fraction of sp³-hybridized carbons (Fsp3) is 0. The molecule has 0 spiro atoms. The van der Waals surface area contributed by atoms with Gasteiger partial charge in [-0.2, -0.15) is 0 Å². The van der Waals surface area contributed by atoms with E-state index in [0.717, 1.165) is 82.9 Å². The topological polar surface area (TPSA) is 35.1 Å². The standard InChI is InChI=1S/C53H32N4/c1-54-37-26-28-52-47(30-37)46-29-36(25-27-51(46)57(52)38-19-9-4-10-20-38)43-31-44-41-23-13-14-24-42(41)48(32-45(44)40-22-12-11-21-39(40)43)53-55-49(34-15-5-2-6-16-34)33-50(56-53)35-17-7-3-8-18-35/h2-33H. The molecule has 4 heteroatoms. The second kappa shape index (κ2) is 13.2. The molecule has 0 aliphatic heterocycles. The Labute approximate surface area is 329 Å². The minimum absolute atomic E-state index is 0.632. The van der Waals surface area contributed by atoms with Gasteiger partial charge < -0.3 is 4.57 Å². The SMILES string of the molecule is [C-]#[N+]c1ccc2c(c1)c1cc(-c3cc4c5ccccc5c(-c5nc(-c6ccccc6)cc(-c6ccccc6)n5)cc4c4ccccc34)ccc1n2-c1ccccc1. The molecule has 0 aliphatic carbocycles. The quantitative estimate of drug-likeness (QED) is 0.131. The highest BCUT2D eigenvalue weighted by Crippen LogP contribution is 2.43. The van der Waals surface area contributed by atoms with Gasteiger partial charge in [-0.3, -0.25) is 0 Å². The molecule has 264 valence electrons. The molecule has 0 radical (unpaired) electrons. The molecule has 2 heterocycles. The maximum atomic E-state index is 7.79. The Kier molecular flexibility index (Phi) is 7.52. The molecule has 11 aromatic rings. The summed E-state index contributed by atoms with van der Waals surface area (Å²) in [6.45, 7) is 7.79. The molecule has 9 aromatic carbocycles. The van der Waals surface area contributed by atoms with Crippen molar-refractivity contribution in [2.45, 2.75) is 0 Å². The van der Waals surface area contributed by atoms with Crippen LogP contribution in [0, 0.1) is 6.57 Å². The summed E-state index contributed by atoms with van der Waals surface area (Å²) in [5.41, 5.74) is 11.1. The first-order valence-corrected chi connectivity index (χ1v) is 19.1. The molecular weight excluding hydrogens is 693 g/mol. The van der Waals surface area contributed by atoms with E-state index in [4.69, 9.17) is 16.5 Å². The average Bonchev–Trinajstić information content (AvgIpc) is 3.62. The van der Waals surface area contributed by atoms with Crippen LogP contribution < -0.4 is 0 Å². The summed E-state index contributed by atoms with van der Waals surface area (Å²) in [4.78, 5) is 14.3. The van der Waals surface area contributed by atoms with Crippen molar-refractivity contribution >= 4 is 59.8 Å². The van der Waals surface area contributed by atoms with E-state index in [1.807, 2.05) is 30.3 Å². The molecule has 57 heavy (non-hydrogen) atoms. The van der Waals surface area contributed by atoms with E-state index in [0.29, 0.717) is 11.5 Å². The van der Waals surface area contributed by atoms with Gasteiger partial charge in [-0.05, 0) is 103 Å². The first kappa shape index (κ1) is 32.6. The lowest BCUT2D eigenvalue weighted by atomic mass is 9.88. The van der Waals surface area contributed by atoms with E-state index in [1.54, 1.807) is 0 Å². The second-order valence-corrected chi connectivity index (χ2v) is 14.4. The van der Waals surface area contributed by atoms with Crippen molar-refractivity contribution in [2.24, 2.45) is 0 Å². The van der Waals surface area contributed by atoms with Gasteiger partial charge in [0.05, 0.1) is 29.0 Å². The summed E-state index contributed by atoms with van der Waals surface area (Å²) >= 11 is 0. The Morgan fingerprint density at radius 2 is 0.860 bits per heavy atom. The summed E-state index contributed by atoms with van der Waals surface area (Å²) in [6.07, 6.45) is 0. The number of fused-ring (bicyclic) bond motifs is 8. The number of aromatic nitrogens is 3. The summed E-state index contributed by atoms with van der Waals surface area (Å²) < 4.78 is 2.30. The Morgan fingerprint density at radius 3 is 1.46 bits per heavy atom. The predicted molar refractivity (Wildman–Crippen MR) is 237 cm³/mol. The maximum absolute atomic E-state index is 7.79. The van der Waals surface area contributed by atoms with Crippen LogP contribution in [0.25, 0.3) is 110 Å². The Hall–Kier alpha value is -7.87. The predicted octanol–water partition coefficient (Wildman–Crippen LogP) is 14.3. The number of para-hydroxylation sites is 1. The zero-order valence-electron chi connectivity index (χ0n) is 30.8. The molecule has 0 N–H and O–H groups in total. The van der Waals surface area contributed by atoms with Gasteiger partial charge in [0.1, 0.15) is 0 Å². The number of benzene rings is 9. The highest BCUT2D eigenvalue weighted by Gasteiger charge is 2.19. The number of hydrogen-bond donors (Lipinski definition) is 0. The van der Waals surface area contributed by atoms with Crippen LogP contribution in [0.2, 0.25) is 0 Å². The summed E-state index contributed by atoms with van der Waals surface area (Å²) in [7, 11) is 0. The van der Waals surface area contributed by atoms with Crippen LogP contribution in [-0.4, -0.2) is 14.5 Å². The molecule has 0 saturated heterocycles. The summed E-state index contributed by atoms with van der Waals surface area (Å²) in [5, 5.41) is 9.10. The van der Waals surface area contributed by atoms with Crippen LogP contribution in [0.1, 0.15) is 0 Å². The van der Waals surface area contributed by atoms with Crippen molar-refractivity contribution in [2.75, 3.05) is 0 Å². The van der Waals surface area contributed by atoms with Crippen molar-refractivity contribution < 1.29 is 0 Å². The van der Waals surface area contributed by atoms with Crippen LogP contribution in [0.3, 0.4) is 0 Å². The van der Waals surface area contributed by atoms with E-state index >= 15 is 0 Å². The van der Waals surface area contributed by atoms with Crippen LogP contribution in [0.4, 0.5) is 5.69 Å². The highest BCUT2D eigenvalue weighted by molar-refractivity contribution is 6.24. The molecule has 11 rings (SSSR count). The van der Waals surface area contributed by atoms with Crippen LogP contribution in [-0.2, 0) is 0 Å². The Bertz CT molecular complexity index is 3340. The zero-order chi connectivity index (χ0) is 37.9. The third-order valence-corrected chi connectivity index (χ3v) is 11.2. The average molecular weight is 725 g/mol. The van der Waals surface area contributed by atoms with E-state index < -0.39 is 0 Å². The Morgan fingerprint density at radius 1 is 0.368 bits per heavy atom. The smallest absolute Gasteiger partial charge is 0.188 e. The normalized spacial score (nSPS) is 11.5. The Balaban J connectivity index is 1.17. The fourth-order valence-corrected chi connectivity index (χ4v) is 8.56. The van der Waals surface area contributed by atoms with Crippen LogP contribution in [0.15, 0.2) is 194 Å². The van der Waals surface area contributed by atoms with E-state index in [-0.39, 0.29) is 0 Å². The maximum Gasteiger partial charge on any atom is 0.188 e. The third-order valence-electron chi connectivity index (χ3n) is 11.2. The first-order chi connectivity index (χ1) is 28.2. The molecule has 0 amide bonds. The summed E-state index contributed by atoms with van der Waals surface area (Å²) in [5.74, 6) is 0.695. The highest BCUT2D eigenvalue weighted by atomic mass is 15.0. The zero-order valence-corrected chi connectivity index (χ0v) is 30.8. The number of rotatable bonds is 5. The van der Waals surface area contributed by atoms with Gasteiger partial charge in [0, 0.05) is 27.8 Å². The molecule has 0 saturated carbocycles. The molecule has 0 aliphatic rings. The summed E-state index contributed by atoms with van der Waals surface area (Å²) in [6, 6.07) is 68.1. The molecule has 4 nitrogen and oxygen atoms in total. The largest absolute Gasteiger partial charge is 0.309 e. The first-order valence-electron chi connectivity index (χ1n) is 19.1. The molecular formula is C53H32N4. The fourth-order valence-electron chi connectivity index (χ4n) is 8.56. The lowest BCUT2D eigenvalue weighted by molar-refractivity contribution is 1.18. The van der Waals surface area contributed by atoms with E-state index in [1.165, 1.54) is 16.2 Å².